The summed E-state index contributed by atoms with van der Waals surface area (Å²) in [5.74, 6) is -4.90. The van der Waals surface area contributed by atoms with Gasteiger partial charge < -0.3 is 67.6 Å². The Morgan fingerprint density at radius 3 is 1.93 bits per heavy atom. The molecule has 2 saturated heterocycles. The van der Waals surface area contributed by atoms with E-state index in [0.717, 1.165) is 11.1 Å². The summed E-state index contributed by atoms with van der Waals surface area (Å²) in [7, 11) is 0. The summed E-state index contributed by atoms with van der Waals surface area (Å²) in [4.78, 5) is 139. The zero-order valence-electron chi connectivity index (χ0n) is 52.7. The SMILES string of the molecule is C[C@H](O)[C@@H]1NC(=O)[C@@H]2CCCN2C(=O)[C@H](Cc2c[nH]c3ccc(F)cc23)NC(=O)[C@H](Cc2c[nH]c3ccc(F)cc23)NC(=O)CCC(=O)[C@H](CCCCN)NC(=O)CCSCc2cccc(c2)CSCCNC(=O)[C@]2(C)CCCN2C(=O)[C@H](Cc2ccc(O)cc2)NC1=O. The summed E-state index contributed by atoms with van der Waals surface area (Å²) >= 11 is 3.17. The second-order valence-electron chi connectivity index (χ2n) is 24.6. The van der Waals surface area contributed by atoms with Crippen molar-refractivity contribution < 1.29 is 62.1 Å². The van der Waals surface area contributed by atoms with Crippen molar-refractivity contribution in [1.29, 1.82) is 0 Å². The molecule has 5 heterocycles. The van der Waals surface area contributed by atoms with Crippen LogP contribution in [0.3, 0.4) is 0 Å². The van der Waals surface area contributed by atoms with E-state index < -0.39 is 107 Å². The number of thioether (sulfide) groups is 2. The van der Waals surface area contributed by atoms with Gasteiger partial charge in [-0.1, -0.05) is 36.4 Å². The topological polar surface area (TPSA) is 330 Å². The van der Waals surface area contributed by atoms with E-state index in [-0.39, 0.29) is 82.0 Å². The third-order valence-corrected chi connectivity index (χ3v) is 19.7. The Morgan fingerprint density at radius 1 is 0.649 bits per heavy atom. The average molecular weight is 1330 g/mol. The molecule has 0 spiro atoms. The number of nitrogens with zero attached hydrogens (tertiary/aromatic N) is 2. The molecule has 8 amide bonds. The highest BCUT2D eigenvalue weighted by atomic mass is 32.2. The lowest BCUT2D eigenvalue weighted by atomic mass is 9.95. The highest BCUT2D eigenvalue weighted by Gasteiger charge is 2.48. The van der Waals surface area contributed by atoms with Crippen molar-refractivity contribution in [1.82, 2.24) is 51.7 Å². The fraction of sp³-hybridized carbons (Fsp3) is 0.456. The number of fused-ring (bicyclic) bond motifs is 6. The smallest absolute Gasteiger partial charge is 0.246 e. The van der Waals surface area contributed by atoms with E-state index in [9.17, 15) is 52.6 Å². The van der Waals surface area contributed by atoms with E-state index in [0.29, 0.717) is 100 Å². The van der Waals surface area contributed by atoms with E-state index in [1.165, 1.54) is 65.3 Å². The fourth-order valence-corrected chi connectivity index (χ4v) is 14.2. The van der Waals surface area contributed by atoms with Gasteiger partial charge in [0.15, 0.2) is 5.78 Å². The summed E-state index contributed by atoms with van der Waals surface area (Å²) in [5.41, 5.74) is 8.95. The molecule has 0 saturated carbocycles. The molecular formula is C68H83F2N11O11S2. The first kappa shape index (κ1) is 70.0. The van der Waals surface area contributed by atoms with Crippen LogP contribution in [0.2, 0.25) is 0 Å². The number of aromatic amines is 2. The number of carbonyl (C=O) groups is 9. The van der Waals surface area contributed by atoms with Gasteiger partial charge in [-0.3, -0.25) is 43.2 Å². The van der Waals surface area contributed by atoms with Crippen LogP contribution < -0.4 is 37.6 Å². The normalized spacial score (nSPS) is 24.0. The first-order valence-electron chi connectivity index (χ1n) is 32.0. The van der Waals surface area contributed by atoms with Crippen molar-refractivity contribution >= 4 is 98.4 Å². The summed E-state index contributed by atoms with van der Waals surface area (Å²) in [5, 5.41) is 39.0. The number of halogens is 2. The zero-order chi connectivity index (χ0) is 67.1. The number of aromatic nitrogens is 2. The molecule has 8 atom stereocenters. The molecule has 3 aliphatic rings. The molecule has 9 rings (SSSR count). The minimum Gasteiger partial charge on any atom is -0.508 e. The molecule has 12 N–H and O–H groups in total. The molecule has 2 fully saturated rings. The molecule has 0 aliphatic carbocycles. The van der Waals surface area contributed by atoms with E-state index in [1.54, 1.807) is 55.0 Å². The lowest BCUT2D eigenvalue weighted by molar-refractivity contribution is -0.147. The Labute approximate surface area is 552 Å². The molecule has 3 aliphatic heterocycles. The van der Waals surface area contributed by atoms with Gasteiger partial charge in [-0.05, 0) is 142 Å². The molecule has 6 aromatic rings. The molecule has 94 heavy (non-hydrogen) atoms. The maximum absolute atomic E-state index is 15.3. The number of aliphatic hydroxyl groups excluding tert-OH is 1. The van der Waals surface area contributed by atoms with Crippen molar-refractivity contribution in [3.8, 4) is 5.75 Å². The number of hydrogen-bond donors (Lipinski definition) is 11. The molecule has 2 bridgehead atoms. The lowest BCUT2D eigenvalue weighted by Crippen LogP contribution is -2.63. The highest BCUT2D eigenvalue weighted by molar-refractivity contribution is 7.98. The Kier molecular flexibility index (Phi) is 24.3. The van der Waals surface area contributed by atoms with Gasteiger partial charge in [0.1, 0.15) is 53.1 Å². The van der Waals surface area contributed by atoms with Crippen molar-refractivity contribution in [2.24, 2.45) is 5.73 Å². The third kappa shape index (κ3) is 18.1. The zero-order valence-corrected chi connectivity index (χ0v) is 54.4. The molecule has 4 aromatic carbocycles. The van der Waals surface area contributed by atoms with Crippen LogP contribution in [0.15, 0.2) is 97.3 Å². The Balaban J connectivity index is 1.02. The Morgan fingerprint density at radius 2 is 1.27 bits per heavy atom. The number of benzene rings is 4. The number of hydrogen-bond acceptors (Lipinski definition) is 14. The molecule has 0 radical (unpaired) electrons. The molecule has 2 aromatic heterocycles. The largest absolute Gasteiger partial charge is 0.508 e. The Hall–Kier alpha value is -8.33. The van der Waals surface area contributed by atoms with Crippen molar-refractivity contribution in [2.75, 3.05) is 37.7 Å². The number of phenolic OH excluding ortho intramolecular Hbond substituents is 1. The second-order valence-corrected chi connectivity index (χ2v) is 26.8. The van der Waals surface area contributed by atoms with Crippen LogP contribution >= 0.6 is 23.5 Å². The maximum Gasteiger partial charge on any atom is 0.246 e. The van der Waals surface area contributed by atoms with Crippen molar-refractivity contribution in [3.05, 3.63) is 137 Å². The predicted octanol–water partition coefficient (Wildman–Crippen LogP) is 5.00. The van der Waals surface area contributed by atoms with Gasteiger partial charge >= 0.3 is 0 Å². The molecule has 502 valence electrons. The standard InChI is InChI=1S/C68H83F2N11O11S2/c1-40(82)61-64(89)78-55(31-41-12-16-48(83)17-13-41)66(91)81-27-7-23-68(81,2)67(92)72-25-29-94-39-43-9-5-8-42(30-43)38-93-28-22-60(86)75-53(10-3-4-24-71)58(84)20-21-59(85)76-54(32-44-36-73-51-18-14-46(69)34-49(44)51)62(87)77-56(65(90)80-26-6-11-57(80)63(88)79-61)33-45-37-74-52-19-15-47(70)35-50(45)52/h5,8-9,12-19,30,34-37,40,53-57,61,73-74,82-83H,3-4,6-7,10-11,20-29,31-33,38-39,71H2,1-2H3,(H,72,92)(H,75,86)(H,76,85)(H,77,87)(H,78,89)(H,79,88)/t40-,53-,54-,55-,56-,57-,61-,68-/m0/s1. The summed E-state index contributed by atoms with van der Waals surface area (Å²) < 4.78 is 29.8. The van der Waals surface area contributed by atoms with Crippen LogP contribution in [-0.2, 0) is 73.9 Å². The number of carbonyl (C=O) groups excluding carboxylic acids is 9. The first-order chi connectivity index (χ1) is 45.2. The quantitative estimate of drug-likeness (QED) is 0.0761. The predicted molar refractivity (Wildman–Crippen MR) is 355 cm³/mol. The fourth-order valence-electron chi connectivity index (χ4n) is 12.5. The van der Waals surface area contributed by atoms with Crippen LogP contribution in [0.5, 0.6) is 5.75 Å². The van der Waals surface area contributed by atoms with Gasteiger partial charge in [-0.2, -0.15) is 23.5 Å². The maximum atomic E-state index is 15.3. The van der Waals surface area contributed by atoms with Crippen LogP contribution in [0.25, 0.3) is 21.8 Å². The van der Waals surface area contributed by atoms with Gasteiger partial charge in [0.2, 0.25) is 47.3 Å². The van der Waals surface area contributed by atoms with Crippen LogP contribution in [0, 0.1) is 11.6 Å². The number of aliphatic hydroxyl groups is 1. The van der Waals surface area contributed by atoms with Gasteiger partial charge in [0.25, 0.3) is 0 Å². The van der Waals surface area contributed by atoms with E-state index in [1.807, 2.05) is 18.2 Å². The van der Waals surface area contributed by atoms with Gasteiger partial charge in [0.05, 0.1) is 12.1 Å². The number of ketones is 1. The summed E-state index contributed by atoms with van der Waals surface area (Å²) in [6.45, 7) is 3.76. The van der Waals surface area contributed by atoms with E-state index in [2.05, 4.69) is 47.9 Å². The number of nitrogens with one attached hydrogen (secondary N) is 8. The third-order valence-electron chi connectivity index (χ3n) is 17.7. The number of unbranched alkanes of at least 4 members (excludes halogenated alkanes) is 1. The van der Waals surface area contributed by atoms with E-state index in [4.69, 9.17) is 5.73 Å². The van der Waals surface area contributed by atoms with Crippen LogP contribution in [0.4, 0.5) is 8.78 Å². The highest BCUT2D eigenvalue weighted by Crippen LogP contribution is 2.32. The van der Waals surface area contributed by atoms with Gasteiger partial charge in [-0.15, -0.1) is 0 Å². The minimum atomic E-state index is -1.70. The number of phenols is 1. The summed E-state index contributed by atoms with van der Waals surface area (Å²) in [6, 6.07) is 13.8. The monoisotopic (exact) mass is 1330 g/mol. The molecule has 22 nitrogen and oxygen atoms in total. The molecule has 0 unspecified atom stereocenters. The van der Waals surface area contributed by atoms with Crippen molar-refractivity contribution in [3.63, 3.8) is 0 Å². The number of amides is 8. The first-order valence-corrected chi connectivity index (χ1v) is 34.3. The summed E-state index contributed by atoms with van der Waals surface area (Å²) in [6.07, 6.45) is 2.78. The van der Waals surface area contributed by atoms with Gasteiger partial charge in [-0.25, -0.2) is 8.78 Å². The second kappa shape index (κ2) is 32.7. The number of rotatable bonds is 11. The molecular weight excluding hydrogens is 1250 g/mol. The average Bonchev–Trinajstić information content (AvgIpc) is 1.59. The minimum absolute atomic E-state index is 0.0163. The number of aromatic hydroxyl groups is 1. The van der Waals surface area contributed by atoms with E-state index >= 15 is 9.59 Å². The lowest BCUT2D eigenvalue weighted by Gasteiger charge is -2.37. The Bertz CT molecular complexity index is 3720. The number of H-pyrrole nitrogens is 2. The van der Waals surface area contributed by atoms with Crippen molar-refractivity contribution in [2.45, 2.75) is 157 Å². The molecule has 26 heteroatoms. The number of Topliss-reactive ketones (excluding diaryl/α,β-unsaturated/α-hetero) is 1. The number of nitrogens with two attached hydrogens (primary N) is 1. The van der Waals surface area contributed by atoms with Crippen LogP contribution in [0.1, 0.15) is 106 Å². The van der Waals surface area contributed by atoms with Gasteiger partial charge in [0, 0.05) is 115 Å². The van der Waals surface area contributed by atoms with Crippen LogP contribution in [-0.4, -0.2) is 169 Å².